The van der Waals surface area contributed by atoms with Crippen molar-refractivity contribution in [3.63, 3.8) is 0 Å². The van der Waals surface area contributed by atoms with Crippen LogP contribution in [-0.4, -0.2) is 31.6 Å². The van der Waals surface area contributed by atoms with Gasteiger partial charge in [0, 0.05) is 5.92 Å². The van der Waals surface area contributed by atoms with Crippen LogP contribution < -0.4 is 15.5 Å². The van der Waals surface area contributed by atoms with Gasteiger partial charge in [0.15, 0.2) is 10.8 Å². The second-order valence-electron chi connectivity index (χ2n) is 6.44. The van der Waals surface area contributed by atoms with E-state index in [2.05, 4.69) is 17.1 Å². The molecule has 24 heavy (non-hydrogen) atoms. The molecule has 1 aliphatic carbocycles. The lowest BCUT2D eigenvalue weighted by molar-refractivity contribution is -0.677. The molecule has 7 heteroatoms. The quantitative estimate of drug-likeness (QED) is 0.747. The second-order valence-corrected chi connectivity index (χ2v) is 6.44. The van der Waals surface area contributed by atoms with Crippen LogP contribution >= 0.6 is 0 Å². The smallest absolute Gasteiger partial charge is 0.343 e. The fraction of sp³-hybridized carbons (Fsp3) is 0.471. The molecule has 4 rings (SSSR count). The van der Waals surface area contributed by atoms with E-state index in [-0.39, 0.29) is 11.9 Å². The predicted molar refractivity (Wildman–Crippen MR) is 81.2 cm³/mol. The van der Waals surface area contributed by atoms with Gasteiger partial charge >= 0.3 is 5.91 Å². The summed E-state index contributed by atoms with van der Waals surface area (Å²) in [5, 5.41) is 20.0. The number of hydrogen-bond acceptors (Lipinski definition) is 6. The minimum absolute atomic E-state index is 0.198. The molecule has 0 aromatic heterocycles. The Morgan fingerprint density at radius 2 is 2.17 bits per heavy atom. The van der Waals surface area contributed by atoms with Gasteiger partial charge in [-0.25, -0.2) is 4.99 Å². The Kier molecular flexibility index (Phi) is 2.79. The molecular formula is C17H17N4O3+. The fourth-order valence-electron chi connectivity index (χ4n) is 4.29. The number of nitrogens with two attached hydrogens (primary N) is 1. The molecule has 1 saturated heterocycles. The van der Waals surface area contributed by atoms with E-state index in [9.17, 15) is 10.5 Å². The fourth-order valence-corrected chi connectivity index (χ4v) is 4.29. The highest BCUT2D eigenvalue weighted by Crippen LogP contribution is 2.79. The SMILES string of the molecule is COc1cccc([C@H]2[C@@]3(C#N)[C@]4([NH+]=C(N)[C@@]23C#N)OC[C@@H](C)O4)c1. The van der Waals surface area contributed by atoms with E-state index in [0.29, 0.717) is 12.4 Å². The van der Waals surface area contributed by atoms with Crippen LogP contribution in [0, 0.1) is 33.5 Å². The molecule has 1 saturated carbocycles. The zero-order valence-electron chi connectivity index (χ0n) is 13.4. The summed E-state index contributed by atoms with van der Waals surface area (Å²) in [4.78, 5) is 2.94. The Morgan fingerprint density at radius 3 is 2.75 bits per heavy atom. The number of nitriles is 2. The highest BCUT2D eigenvalue weighted by atomic mass is 16.8. The first-order chi connectivity index (χ1) is 11.5. The van der Waals surface area contributed by atoms with Crippen LogP contribution in [-0.2, 0) is 9.47 Å². The van der Waals surface area contributed by atoms with E-state index in [1.54, 1.807) is 7.11 Å². The summed E-state index contributed by atoms with van der Waals surface area (Å²) in [6, 6.07) is 11.9. The third kappa shape index (κ3) is 1.36. The van der Waals surface area contributed by atoms with Crippen LogP contribution in [0.15, 0.2) is 24.3 Å². The lowest BCUT2D eigenvalue weighted by atomic mass is 9.94. The van der Waals surface area contributed by atoms with Crippen molar-refractivity contribution in [3.05, 3.63) is 29.8 Å². The number of methoxy groups -OCH3 is 1. The minimum atomic E-state index is -1.39. The highest BCUT2D eigenvalue weighted by Gasteiger charge is 2.97. The van der Waals surface area contributed by atoms with Crippen molar-refractivity contribution >= 4 is 5.84 Å². The molecule has 5 atom stereocenters. The van der Waals surface area contributed by atoms with Crippen LogP contribution in [0.4, 0.5) is 0 Å². The van der Waals surface area contributed by atoms with Crippen molar-refractivity contribution in [2.75, 3.05) is 13.7 Å². The molecular weight excluding hydrogens is 308 g/mol. The Morgan fingerprint density at radius 1 is 1.38 bits per heavy atom. The van der Waals surface area contributed by atoms with Gasteiger partial charge in [-0.15, -0.1) is 0 Å². The highest BCUT2D eigenvalue weighted by molar-refractivity contribution is 5.95. The Labute approximate surface area is 139 Å². The van der Waals surface area contributed by atoms with E-state index in [1.165, 1.54) is 0 Å². The summed E-state index contributed by atoms with van der Waals surface area (Å²) in [5.41, 5.74) is 4.53. The van der Waals surface area contributed by atoms with Gasteiger partial charge in [-0.2, -0.15) is 10.5 Å². The summed E-state index contributed by atoms with van der Waals surface area (Å²) in [6.07, 6.45) is -0.198. The molecule has 0 amide bonds. The Hall–Kier alpha value is -2.61. The summed E-state index contributed by atoms with van der Waals surface area (Å²) in [5.74, 6) is -0.981. The number of nitrogens with zero attached hydrogens (tertiary/aromatic N) is 2. The predicted octanol–water partition coefficient (Wildman–Crippen LogP) is -0.647. The summed E-state index contributed by atoms with van der Waals surface area (Å²) >= 11 is 0. The average Bonchev–Trinajstić information content (AvgIpc) is 2.99. The number of benzene rings is 1. The number of rotatable bonds is 2. The maximum absolute atomic E-state index is 10.0. The van der Waals surface area contributed by atoms with Crippen LogP contribution in [0.1, 0.15) is 18.4 Å². The molecule has 2 aliphatic heterocycles. The van der Waals surface area contributed by atoms with E-state index in [4.69, 9.17) is 19.9 Å². The van der Waals surface area contributed by atoms with Crippen LogP contribution in [0.2, 0.25) is 0 Å². The van der Waals surface area contributed by atoms with E-state index in [0.717, 1.165) is 5.56 Å². The van der Waals surface area contributed by atoms with Gasteiger partial charge in [-0.3, -0.25) is 5.73 Å². The lowest BCUT2D eigenvalue weighted by Gasteiger charge is -2.24. The van der Waals surface area contributed by atoms with Crippen molar-refractivity contribution in [3.8, 4) is 17.9 Å². The Bertz CT molecular complexity index is 841. The van der Waals surface area contributed by atoms with Gasteiger partial charge in [0.25, 0.3) is 5.84 Å². The van der Waals surface area contributed by atoms with Crippen LogP contribution in [0.3, 0.4) is 0 Å². The monoisotopic (exact) mass is 325 g/mol. The average molecular weight is 325 g/mol. The number of ether oxygens (including phenoxy) is 3. The van der Waals surface area contributed by atoms with E-state index < -0.39 is 22.7 Å². The molecule has 0 radical (unpaired) electrons. The number of hydrogen-bond donors (Lipinski definition) is 2. The van der Waals surface area contributed by atoms with Crippen molar-refractivity contribution in [2.45, 2.75) is 24.9 Å². The van der Waals surface area contributed by atoms with Crippen molar-refractivity contribution in [1.29, 1.82) is 10.5 Å². The third-order valence-electron chi connectivity index (χ3n) is 5.32. The van der Waals surface area contributed by atoms with Crippen molar-refractivity contribution in [2.24, 2.45) is 16.6 Å². The first kappa shape index (κ1) is 14.9. The van der Waals surface area contributed by atoms with E-state index in [1.807, 2.05) is 31.2 Å². The molecule has 3 aliphatic rings. The van der Waals surface area contributed by atoms with Crippen molar-refractivity contribution in [1.82, 2.24) is 0 Å². The zero-order valence-corrected chi connectivity index (χ0v) is 13.4. The van der Waals surface area contributed by atoms with Gasteiger partial charge in [0.05, 0.1) is 32.0 Å². The molecule has 3 N–H and O–H groups in total. The molecule has 1 aromatic rings. The molecule has 7 nitrogen and oxygen atoms in total. The number of nitrogens with one attached hydrogen (secondary N) is 1. The van der Waals surface area contributed by atoms with E-state index >= 15 is 0 Å². The van der Waals surface area contributed by atoms with Gasteiger partial charge in [-0.05, 0) is 24.6 Å². The van der Waals surface area contributed by atoms with Crippen LogP contribution in [0.5, 0.6) is 5.75 Å². The largest absolute Gasteiger partial charge is 0.497 e. The molecule has 0 unspecified atom stereocenters. The summed E-state index contributed by atoms with van der Waals surface area (Å²) in [6.45, 7) is 2.18. The molecule has 1 spiro atoms. The molecule has 2 heterocycles. The first-order valence-corrected chi connectivity index (χ1v) is 7.70. The van der Waals surface area contributed by atoms with Crippen LogP contribution in [0.25, 0.3) is 0 Å². The second kappa shape index (κ2) is 4.47. The maximum Gasteiger partial charge on any atom is 0.343 e. The van der Waals surface area contributed by atoms with Gasteiger partial charge < -0.3 is 14.2 Å². The molecule has 2 fully saturated rings. The van der Waals surface area contributed by atoms with Gasteiger partial charge in [0.1, 0.15) is 5.75 Å². The van der Waals surface area contributed by atoms with Crippen molar-refractivity contribution < 1.29 is 19.2 Å². The zero-order chi connectivity index (χ0) is 17.2. The molecule has 122 valence electrons. The Balaban J connectivity index is 1.90. The standard InChI is InChI=1S/C17H16N4O3/c1-10-7-23-17(24-10)16(9-19)13(15(16,8-18)14(20)21-17)11-4-3-5-12(6-11)22-2/h3-6,10,13H,7H2,1-2H3,(H2,20,21)/p+1/t10-,13-,15-,16-,17+/m1/s1. The topological polar surface area (TPSA) is 115 Å². The number of amidine groups is 1. The first-order valence-electron chi connectivity index (χ1n) is 7.70. The minimum Gasteiger partial charge on any atom is -0.497 e. The summed E-state index contributed by atoms with van der Waals surface area (Å²) in [7, 11) is 1.57. The molecule has 0 bridgehead atoms. The summed E-state index contributed by atoms with van der Waals surface area (Å²) < 4.78 is 17.0. The third-order valence-corrected chi connectivity index (χ3v) is 5.32. The number of fused-ring (bicyclic) bond motifs is 2. The lowest BCUT2D eigenvalue weighted by Crippen LogP contribution is -2.90. The molecule has 1 aromatic carbocycles. The van der Waals surface area contributed by atoms with Gasteiger partial charge in [-0.1, -0.05) is 12.1 Å². The maximum atomic E-state index is 10.0. The van der Waals surface area contributed by atoms with Gasteiger partial charge in [0.2, 0.25) is 0 Å². The normalized spacial score (nSPS) is 42.1.